The van der Waals surface area contributed by atoms with E-state index in [1.54, 1.807) is 0 Å². The van der Waals surface area contributed by atoms with Crippen molar-refractivity contribution in [3.05, 3.63) is 12.7 Å². The van der Waals surface area contributed by atoms with Gasteiger partial charge in [-0.3, -0.25) is 4.79 Å². The van der Waals surface area contributed by atoms with Crippen LogP contribution >= 0.6 is 0 Å². The van der Waals surface area contributed by atoms with E-state index in [4.69, 9.17) is 9.84 Å². The quantitative estimate of drug-likeness (QED) is 0.473. The number of ether oxygens (including phenoxy) is 1. The van der Waals surface area contributed by atoms with Crippen molar-refractivity contribution in [1.29, 1.82) is 0 Å². The van der Waals surface area contributed by atoms with E-state index in [9.17, 15) is 9.59 Å². The van der Waals surface area contributed by atoms with Crippen molar-refractivity contribution in [2.45, 2.75) is 12.8 Å². The van der Waals surface area contributed by atoms with Crippen molar-refractivity contribution in [3.8, 4) is 0 Å². The average molecular weight is 299 g/mol. The summed E-state index contributed by atoms with van der Waals surface area (Å²) in [4.78, 5) is 26.2. The Labute approximate surface area is 125 Å². The van der Waals surface area contributed by atoms with Crippen molar-refractivity contribution in [2.75, 3.05) is 52.4 Å². The lowest BCUT2D eigenvalue weighted by atomic mass is 10.2. The Morgan fingerprint density at radius 1 is 1.19 bits per heavy atom. The minimum Gasteiger partial charge on any atom is -0.481 e. The number of piperazine rings is 1. The molecular formula is C14H25N3O4. The number of hydrogen-bond donors (Lipinski definition) is 2. The number of amides is 1. The molecule has 1 aliphatic heterocycles. The molecule has 0 bridgehead atoms. The number of carbonyl (C=O) groups excluding carboxylic acids is 1. The van der Waals surface area contributed by atoms with E-state index < -0.39 is 12.1 Å². The van der Waals surface area contributed by atoms with Crippen LogP contribution in [0, 0.1) is 0 Å². The van der Waals surface area contributed by atoms with Gasteiger partial charge in [-0.2, -0.15) is 0 Å². The second-order valence-corrected chi connectivity index (χ2v) is 4.99. The van der Waals surface area contributed by atoms with Crippen LogP contribution in [-0.2, 0) is 9.53 Å². The molecule has 7 nitrogen and oxygen atoms in total. The number of rotatable bonds is 9. The number of alkyl carbamates (subject to hydrolysis) is 1. The van der Waals surface area contributed by atoms with Gasteiger partial charge in [-0.25, -0.2) is 4.79 Å². The first kappa shape index (κ1) is 17.5. The molecule has 120 valence electrons. The van der Waals surface area contributed by atoms with Crippen LogP contribution in [0.2, 0.25) is 0 Å². The van der Waals surface area contributed by atoms with Gasteiger partial charge in [0.15, 0.2) is 0 Å². The second kappa shape index (κ2) is 10.2. The molecule has 21 heavy (non-hydrogen) atoms. The van der Waals surface area contributed by atoms with Crippen LogP contribution in [0.1, 0.15) is 12.8 Å². The van der Waals surface area contributed by atoms with Gasteiger partial charge in [0, 0.05) is 39.3 Å². The molecule has 1 amide bonds. The summed E-state index contributed by atoms with van der Waals surface area (Å²) < 4.78 is 4.81. The summed E-state index contributed by atoms with van der Waals surface area (Å²) in [6.45, 7) is 9.54. The molecule has 0 unspecified atom stereocenters. The number of carboxylic acids is 1. The molecule has 0 atom stereocenters. The summed E-state index contributed by atoms with van der Waals surface area (Å²) in [7, 11) is 0. The number of carboxylic acid groups (broad SMARTS) is 1. The van der Waals surface area contributed by atoms with Crippen molar-refractivity contribution in [3.63, 3.8) is 0 Å². The van der Waals surface area contributed by atoms with Crippen LogP contribution in [0.5, 0.6) is 0 Å². The Kier molecular flexibility index (Phi) is 8.45. The highest BCUT2D eigenvalue weighted by Crippen LogP contribution is 2.03. The maximum absolute atomic E-state index is 11.2. The summed E-state index contributed by atoms with van der Waals surface area (Å²) in [5.41, 5.74) is 0. The van der Waals surface area contributed by atoms with Crippen molar-refractivity contribution < 1.29 is 19.4 Å². The van der Waals surface area contributed by atoms with Gasteiger partial charge in [0.1, 0.15) is 6.61 Å². The van der Waals surface area contributed by atoms with Crippen LogP contribution in [-0.4, -0.2) is 79.4 Å². The first-order chi connectivity index (χ1) is 10.1. The molecule has 1 fully saturated rings. The molecule has 0 spiro atoms. The van der Waals surface area contributed by atoms with Crippen LogP contribution in [0.15, 0.2) is 12.7 Å². The maximum atomic E-state index is 11.2. The van der Waals surface area contributed by atoms with Gasteiger partial charge in [0.2, 0.25) is 0 Å². The highest BCUT2D eigenvalue weighted by atomic mass is 16.5. The molecule has 1 rings (SSSR count). The third-order valence-electron chi connectivity index (χ3n) is 3.36. The van der Waals surface area contributed by atoms with E-state index in [-0.39, 0.29) is 13.0 Å². The summed E-state index contributed by atoms with van der Waals surface area (Å²) >= 11 is 0. The van der Waals surface area contributed by atoms with E-state index in [2.05, 4.69) is 21.7 Å². The lowest BCUT2D eigenvalue weighted by Gasteiger charge is -2.34. The van der Waals surface area contributed by atoms with Crippen LogP contribution in [0.25, 0.3) is 0 Å². The first-order valence-electron chi connectivity index (χ1n) is 7.30. The fraction of sp³-hybridized carbons (Fsp3) is 0.714. The maximum Gasteiger partial charge on any atom is 0.407 e. The Morgan fingerprint density at radius 3 is 2.38 bits per heavy atom. The Hall–Kier alpha value is -1.60. The standard InChI is InChI=1S/C14H25N3O4/c1-2-12-21-14(20)15-5-3-6-16-8-10-17(11-9-16)7-4-13(18)19/h2H,1,3-12H2,(H,15,20)(H,18,19). The zero-order valence-corrected chi connectivity index (χ0v) is 12.4. The number of hydrogen-bond acceptors (Lipinski definition) is 5. The molecule has 1 aliphatic rings. The smallest absolute Gasteiger partial charge is 0.407 e. The summed E-state index contributed by atoms with van der Waals surface area (Å²) in [6.07, 6.45) is 2.20. The van der Waals surface area contributed by atoms with Gasteiger partial charge < -0.3 is 25.0 Å². The number of aliphatic carboxylic acids is 1. The lowest BCUT2D eigenvalue weighted by Crippen LogP contribution is -2.47. The topological polar surface area (TPSA) is 82.1 Å². The van der Waals surface area contributed by atoms with Crippen molar-refractivity contribution >= 4 is 12.1 Å². The monoisotopic (exact) mass is 299 g/mol. The fourth-order valence-electron chi connectivity index (χ4n) is 2.17. The van der Waals surface area contributed by atoms with Crippen molar-refractivity contribution in [1.82, 2.24) is 15.1 Å². The van der Waals surface area contributed by atoms with Gasteiger partial charge in [0.05, 0.1) is 6.42 Å². The predicted molar refractivity (Wildman–Crippen MR) is 79.3 cm³/mol. The largest absolute Gasteiger partial charge is 0.481 e. The third kappa shape index (κ3) is 8.31. The van der Waals surface area contributed by atoms with E-state index in [1.165, 1.54) is 6.08 Å². The molecule has 2 N–H and O–H groups in total. The number of nitrogens with zero attached hydrogens (tertiary/aromatic N) is 2. The van der Waals surface area contributed by atoms with E-state index in [0.29, 0.717) is 13.1 Å². The molecule has 1 saturated heterocycles. The summed E-state index contributed by atoms with van der Waals surface area (Å²) in [5.74, 6) is -0.744. The lowest BCUT2D eigenvalue weighted by molar-refractivity contribution is -0.137. The molecule has 0 aliphatic carbocycles. The van der Waals surface area contributed by atoms with Crippen LogP contribution in [0.4, 0.5) is 4.79 Å². The van der Waals surface area contributed by atoms with Crippen molar-refractivity contribution in [2.24, 2.45) is 0 Å². The van der Waals surface area contributed by atoms with Gasteiger partial charge in [-0.05, 0) is 13.0 Å². The number of carbonyl (C=O) groups is 2. The van der Waals surface area contributed by atoms with Crippen LogP contribution in [0.3, 0.4) is 0 Å². The molecule has 0 saturated carbocycles. The highest BCUT2D eigenvalue weighted by molar-refractivity contribution is 5.67. The van der Waals surface area contributed by atoms with E-state index in [1.807, 2.05) is 0 Å². The Morgan fingerprint density at radius 2 is 1.81 bits per heavy atom. The zero-order chi connectivity index (χ0) is 15.5. The predicted octanol–water partition coefficient (Wildman–Crippen LogP) is 0.381. The van der Waals surface area contributed by atoms with Gasteiger partial charge in [0.25, 0.3) is 0 Å². The number of nitrogens with one attached hydrogen (secondary N) is 1. The summed E-state index contributed by atoms with van der Waals surface area (Å²) in [6, 6.07) is 0. The normalized spacial score (nSPS) is 16.4. The SMILES string of the molecule is C=CCOC(=O)NCCCN1CCN(CCC(=O)O)CC1. The molecule has 0 aromatic heterocycles. The fourth-order valence-corrected chi connectivity index (χ4v) is 2.17. The third-order valence-corrected chi connectivity index (χ3v) is 3.36. The molecule has 0 aromatic rings. The van der Waals surface area contributed by atoms with E-state index in [0.717, 1.165) is 39.1 Å². The summed E-state index contributed by atoms with van der Waals surface area (Å²) in [5, 5.41) is 11.3. The minimum absolute atomic E-state index is 0.205. The zero-order valence-electron chi connectivity index (χ0n) is 12.4. The van der Waals surface area contributed by atoms with Gasteiger partial charge >= 0.3 is 12.1 Å². The highest BCUT2D eigenvalue weighted by Gasteiger charge is 2.16. The van der Waals surface area contributed by atoms with E-state index >= 15 is 0 Å². The molecule has 7 heteroatoms. The Balaban J connectivity index is 2.01. The van der Waals surface area contributed by atoms with Gasteiger partial charge in [-0.15, -0.1) is 0 Å². The first-order valence-corrected chi connectivity index (χ1v) is 7.30. The minimum atomic E-state index is -0.744. The average Bonchev–Trinajstić information content (AvgIpc) is 2.48. The van der Waals surface area contributed by atoms with Crippen LogP contribution < -0.4 is 5.32 Å². The molecule has 1 heterocycles. The molecule has 0 radical (unpaired) electrons. The Bertz CT molecular complexity index is 341. The molecular weight excluding hydrogens is 274 g/mol. The van der Waals surface area contributed by atoms with Gasteiger partial charge in [-0.1, -0.05) is 12.7 Å². The molecule has 0 aromatic carbocycles. The second-order valence-electron chi connectivity index (χ2n) is 4.99.